The maximum absolute atomic E-state index is 13.2. The van der Waals surface area contributed by atoms with Crippen molar-refractivity contribution in [1.82, 2.24) is 4.57 Å². The molecule has 4 nitrogen and oxygen atoms in total. The molecule has 1 aromatic heterocycles. The molecule has 0 aliphatic heterocycles. The lowest BCUT2D eigenvalue weighted by Crippen LogP contribution is -2.15. The zero-order chi connectivity index (χ0) is 16.5. The van der Waals surface area contributed by atoms with Gasteiger partial charge in [-0.2, -0.15) is 13.2 Å². The van der Waals surface area contributed by atoms with E-state index in [0.717, 1.165) is 6.07 Å². The van der Waals surface area contributed by atoms with Gasteiger partial charge >= 0.3 is 12.1 Å². The fourth-order valence-electron chi connectivity index (χ4n) is 1.92. The number of carboxylic acid groups (broad SMARTS) is 1. The van der Waals surface area contributed by atoms with Crippen LogP contribution in [0.15, 0.2) is 34.8 Å². The average molecular weight is 330 g/mol. The molecular formula is C14H13F3N2O2S. The van der Waals surface area contributed by atoms with Crippen LogP contribution in [0.4, 0.5) is 18.9 Å². The fraction of sp³-hybridized carbons (Fsp3) is 0.286. The fourth-order valence-corrected chi connectivity index (χ4v) is 2.67. The zero-order valence-corrected chi connectivity index (χ0v) is 12.6. The van der Waals surface area contributed by atoms with Crippen LogP contribution in [0.1, 0.15) is 24.0 Å². The lowest BCUT2D eigenvalue weighted by atomic mass is 9.95. The van der Waals surface area contributed by atoms with Gasteiger partial charge in [-0.05, 0) is 24.6 Å². The van der Waals surface area contributed by atoms with Crippen molar-refractivity contribution >= 4 is 23.0 Å². The van der Waals surface area contributed by atoms with E-state index in [4.69, 9.17) is 5.11 Å². The first-order valence-corrected chi connectivity index (χ1v) is 7.17. The van der Waals surface area contributed by atoms with E-state index in [1.54, 1.807) is 23.2 Å². The number of rotatable bonds is 3. The molecule has 0 saturated heterocycles. The molecule has 118 valence electrons. The topological polar surface area (TPSA) is 54.6 Å². The Kier molecular flexibility index (Phi) is 4.41. The summed E-state index contributed by atoms with van der Waals surface area (Å²) in [6, 6.07) is 3.45. The largest absolute Gasteiger partial charge is 0.481 e. The van der Waals surface area contributed by atoms with Crippen LogP contribution in [0.2, 0.25) is 0 Å². The van der Waals surface area contributed by atoms with E-state index in [1.165, 1.54) is 30.4 Å². The molecule has 0 aliphatic rings. The number of carbonyl (C=O) groups is 1. The molecule has 0 radical (unpaired) electrons. The number of nitrogens with zero attached hydrogens (tertiary/aromatic N) is 2. The van der Waals surface area contributed by atoms with Crippen molar-refractivity contribution in [3.05, 3.63) is 45.7 Å². The summed E-state index contributed by atoms with van der Waals surface area (Å²) in [4.78, 5) is 15.7. The van der Waals surface area contributed by atoms with Crippen molar-refractivity contribution in [1.29, 1.82) is 0 Å². The molecule has 0 fully saturated rings. The van der Waals surface area contributed by atoms with Crippen LogP contribution in [0.5, 0.6) is 0 Å². The summed E-state index contributed by atoms with van der Waals surface area (Å²) in [7, 11) is 1.74. The monoisotopic (exact) mass is 330 g/mol. The standard InChI is InChI=1S/C14H13F3N2O2S/c1-8(12(20)21)10-4-3-9(7-11(10)14(15,16)17)18-13-19(2)5-6-22-13/h3-8H,1-2H3,(H,20,21). The van der Waals surface area contributed by atoms with Gasteiger partial charge in [0.2, 0.25) is 0 Å². The molecule has 2 aromatic rings. The number of carboxylic acids is 1. The van der Waals surface area contributed by atoms with Gasteiger partial charge in [0.05, 0.1) is 17.2 Å². The molecule has 1 N–H and O–H groups in total. The number of aliphatic carboxylic acids is 1. The molecule has 0 bridgehead atoms. The molecule has 0 spiro atoms. The van der Waals surface area contributed by atoms with E-state index in [2.05, 4.69) is 4.99 Å². The van der Waals surface area contributed by atoms with Crippen molar-refractivity contribution in [2.75, 3.05) is 0 Å². The van der Waals surface area contributed by atoms with Crippen molar-refractivity contribution in [3.63, 3.8) is 0 Å². The molecule has 2 rings (SSSR count). The van der Waals surface area contributed by atoms with Crippen molar-refractivity contribution in [2.24, 2.45) is 12.0 Å². The summed E-state index contributed by atoms with van der Waals surface area (Å²) < 4.78 is 41.2. The van der Waals surface area contributed by atoms with Gasteiger partial charge in [0, 0.05) is 18.6 Å². The van der Waals surface area contributed by atoms with E-state index < -0.39 is 23.6 Å². The van der Waals surface area contributed by atoms with E-state index in [1.807, 2.05) is 0 Å². The molecule has 1 unspecified atom stereocenters. The lowest BCUT2D eigenvalue weighted by Gasteiger charge is -2.16. The van der Waals surface area contributed by atoms with Crippen LogP contribution in [0.25, 0.3) is 0 Å². The average Bonchev–Trinajstić information content (AvgIpc) is 2.82. The van der Waals surface area contributed by atoms with Crippen LogP contribution in [0, 0.1) is 0 Å². The molecule has 0 saturated carbocycles. The highest BCUT2D eigenvalue weighted by molar-refractivity contribution is 7.07. The quantitative estimate of drug-likeness (QED) is 0.936. The third-order valence-corrected chi connectivity index (χ3v) is 4.01. The number of hydrogen-bond donors (Lipinski definition) is 1. The second-order valence-corrected chi connectivity index (χ2v) is 5.61. The van der Waals surface area contributed by atoms with Crippen LogP contribution in [0.3, 0.4) is 0 Å². The summed E-state index contributed by atoms with van der Waals surface area (Å²) >= 11 is 1.29. The smallest absolute Gasteiger partial charge is 0.416 e. The Morgan fingerprint density at radius 1 is 1.41 bits per heavy atom. The molecule has 1 heterocycles. The zero-order valence-electron chi connectivity index (χ0n) is 11.8. The number of benzene rings is 1. The number of aryl methyl sites for hydroxylation is 1. The molecule has 1 atom stereocenters. The van der Waals surface area contributed by atoms with Crippen LogP contribution in [-0.2, 0) is 18.0 Å². The summed E-state index contributed by atoms with van der Waals surface area (Å²) in [5.74, 6) is -2.55. The van der Waals surface area contributed by atoms with Crippen molar-refractivity contribution < 1.29 is 23.1 Å². The Hall–Kier alpha value is -2.09. The van der Waals surface area contributed by atoms with Gasteiger partial charge in [0.25, 0.3) is 0 Å². The van der Waals surface area contributed by atoms with E-state index in [9.17, 15) is 18.0 Å². The molecular weight excluding hydrogens is 317 g/mol. The molecule has 22 heavy (non-hydrogen) atoms. The van der Waals surface area contributed by atoms with Gasteiger partial charge in [-0.15, -0.1) is 11.3 Å². The molecule has 0 aliphatic carbocycles. The highest BCUT2D eigenvalue weighted by Gasteiger charge is 2.36. The van der Waals surface area contributed by atoms with Crippen molar-refractivity contribution in [2.45, 2.75) is 19.0 Å². The summed E-state index contributed by atoms with van der Waals surface area (Å²) in [5, 5.41) is 10.7. The number of thiazole rings is 1. The summed E-state index contributed by atoms with van der Waals surface area (Å²) in [6.45, 7) is 1.23. The van der Waals surface area contributed by atoms with Gasteiger partial charge in [-0.1, -0.05) is 6.07 Å². The molecule has 8 heteroatoms. The van der Waals surface area contributed by atoms with Gasteiger partial charge in [-0.25, -0.2) is 4.99 Å². The highest BCUT2D eigenvalue weighted by atomic mass is 32.1. The number of alkyl halides is 3. The molecule has 0 amide bonds. The van der Waals surface area contributed by atoms with Gasteiger partial charge in [0.1, 0.15) is 0 Å². The maximum atomic E-state index is 13.2. The van der Waals surface area contributed by atoms with Crippen LogP contribution in [-0.4, -0.2) is 15.6 Å². The van der Waals surface area contributed by atoms with Crippen LogP contribution >= 0.6 is 11.3 Å². The third kappa shape index (κ3) is 3.38. The van der Waals surface area contributed by atoms with Crippen LogP contribution < -0.4 is 4.80 Å². The Morgan fingerprint density at radius 2 is 2.09 bits per heavy atom. The Labute approximate surface area is 128 Å². The highest BCUT2D eigenvalue weighted by Crippen LogP contribution is 2.37. The first-order chi connectivity index (χ1) is 10.2. The van der Waals surface area contributed by atoms with Gasteiger partial charge in [0.15, 0.2) is 4.80 Å². The van der Waals surface area contributed by atoms with E-state index in [-0.39, 0.29) is 11.3 Å². The third-order valence-electron chi connectivity index (χ3n) is 3.16. The predicted octanol–water partition coefficient (Wildman–Crippen LogP) is 3.53. The normalized spacial score (nSPS) is 14.1. The predicted molar refractivity (Wildman–Crippen MR) is 76.0 cm³/mol. The van der Waals surface area contributed by atoms with Gasteiger partial charge in [-0.3, -0.25) is 4.79 Å². The first kappa shape index (κ1) is 16.3. The van der Waals surface area contributed by atoms with Crippen molar-refractivity contribution in [3.8, 4) is 0 Å². The molecule has 1 aromatic carbocycles. The van der Waals surface area contributed by atoms with E-state index in [0.29, 0.717) is 4.80 Å². The minimum Gasteiger partial charge on any atom is -0.481 e. The first-order valence-electron chi connectivity index (χ1n) is 6.29. The Morgan fingerprint density at radius 3 is 2.59 bits per heavy atom. The number of hydrogen-bond acceptors (Lipinski definition) is 3. The van der Waals surface area contributed by atoms with Gasteiger partial charge < -0.3 is 9.67 Å². The second-order valence-electron chi connectivity index (χ2n) is 4.74. The minimum atomic E-state index is -4.64. The van der Waals surface area contributed by atoms with E-state index >= 15 is 0 Å². The minimum absolute atomic E-state index is 0.131. The Balaban J connectivity index is 2.58. The Bertz CT molecular complexity index is 762. The SMILES string of the molecule is CC(C(=O)O)c1ccc(N=c2sccn2C)cc1C(F)(F)F. The maximum Gasteiger partial charge on any atom is 0.416 e. The second kappa shape index (κ2) is 5.96. The summed E-state index contributed by atoms with van der Waals surface area (Å²) in [5.41, 5.74) is -1.11. The number of halogens is 3. The lowest BCUT2D eigenvalue weighted by molar-refractivity contribution is -0.141. The summed E-state index contributed by atoms with van der Waals surface area (Å²) in [6.07, 6.45) is -2.89. The number of aromatic nitrogens is 1.